The third-order valence-electron chi connectivity index (χ3n) is 3.70. The number of rotatable bonds is 3. The molecule has 1 saturated heterocycles. The van der Waals surface area contributed by atoms with Gasteiger partial charge in [-0.05, 0) is 31.5 Å². The summed E-state index contributed by atoms with van der Waals surface area (Å²) >= 11 is 6.21. The summed E-state index contributed by atoms with van der Waals surface area (Å²) in [5.74, 6) is 1.55. The van der Waals surface area contributed by atoms with E-state index in [1.807, 2.05) is 30.3 Å². The summed E-state index contributed by atoms with van der Waals surface area (Å²) in [4.78, 5) is 0. The molecule has 0 saturated carbocycles. The molecule has 1 N–H and O–H groups in total. The van der Waals surface area contributed by atoms with Gasteiger partial charge in [-0.3, -0.25) is 0 Å². The second-order valence-electron chi connectivity index (χ2n) is 5.11. The van der Waals surface area contributed by atoms with Crippen LogP contribution in [0.15, 0.2) is 36.4 Å². The largest absolute Gasteiger partial charge is 1.00 e. The molecule has 4 heteroatoms. The lowest BCUT2D eigenvalue weighted by atomic mass is 10.0. The van der Waals surface area contributed by atoms with E-state index in [-0.39, 0.29) is 12.4 Å². The van der Waals surface area contributed by atoms with Gasteiger partial charge in [-0.1, -0.05) is 35.9 Å². The van der Waals surface area contributed by atoms with Gasteiger partial charge >= 0.3 is 0 Å². The second kappa shape index (κ2) is 7.16. The normalized spacial score (nSPS) is 18.6. The van der Waals surface area contributed by atoms with Crippen LogP contribution in [0, 0.1) is 5.92 Å². The third-order valence-corrected chi connectivity index (χ3v) is 4.03. The van der Waals surface area contributed by atoms with Crippen LogP contribution in [0.25, 0.3) is 10.8 Å². The number of hydrogen-bond donors (Lipinski definition) is 1. The molecule has 1 fully saturated rings. The molecule has 0 radical (unpaired) electrons. The minimum absolute atomic E-state index is 0. The zero-order valence-corrected chi connectivity index (χ0v) is 12.8. The van der Waals surface area contributed by atoms with Crippen molar-refractivity contribution in [2.24, 2.45) is 5.92 Å². The molecule has 0 aromatic heterocycles. The van der Waals surface area contributed by atoms with Gasteiger partial charge in [0.1, 0.15) is 5.75 Å². The van der Waals surface area contributed by atoms with Gasteiger partial charge in [-0.25, -0.2) is 0 Å². The molecule has 108 valence electrons. The Balaban J connectivity index is 0.00000147. The maximum atomic E-state index is 6.21. The topological polar surface area (TPSA) is 21.3 Å². The van der Waals surface area contributed by atoms with Crippen molar-refractivity contribution < 1.29 is 17.1 Å². The van der Waals surface area contributed by atoms with Crippen LogP contribution in [0.2, 0.25) is 5.02 Å². The Morgan fingerprint density at radius 3 is 2.70 bits per heavy atom. The van der Waals surface area contributed by atoms with E-state index in [1.165, 1.54) is 12.8 Å². The Hall–Kier alpha value is -0.960. The Kier molecular flexibility index (Phi) is 5.53. The fourth-order valence-corrected chi connectivity index (χ4v) is 2.86. The zero-order valence-electron chi connectivity index (χ0n) is 11.2. The summed E-state index contributed by atoms with van der Waals surface area (Å²) < 4.78 is 6.02. The highest BCUT2D eigenvalue weighted by atomic mass is 35.5. The summed E-state index contributed by atoms with van der Waals surface area (Å²) in [6.45, 7) is 2.98. The molecule has 1 heterocycles. The predicted octanol–water partition coefficient (Wildman–Crippen LogP) is 0.876. The minimum atomic E-state index is 0. The Labute approximate surface area is 130 Å². The highest BCUT2D eigenvalue weighted by molar-refractivity contribution is 6.35. The quantitative estimate of drug-likeness (QED) is 0.908. The van der Waals surface area contributed by atoms with Gasteiger partial charge in [0.2, 0.25) is 0 Å². The number of ether oxygens (including phenoxy) is 1. The van der Waals surface area contributed by atoms with Gasteiger partial charge in [0.05, 0.1) is 6.61 Å². The Bertz CT molecular complexity index is 567. The zero-order chi connectivity index (χ0) is 13.1. The van der Waals surface area contributed by atoms with Crippen LogP contribution in [0.3, 0.4) is 0 Å². The van der Waals surface area contributed by atoms with Crippen molar-refractivity contribution in [3.05, 3.63) is 41.4 Å². The second-order valence-corrected chi connectivity index (χ2v) is 5.52. The van der Waals surface area contributed by atoms with Crippen LogP contribution in [0.4, 0.5) is 0 Å². The molecule has 2 aromatic carbocycles. The van der Waals surface area contributed by atoms with E-state index in [4.69, 9.17) is 16.3 Å². The first kappa shape index (κ1) is 15.4. The van der Waals surface area contributed by atoms with E-state index in [0.29, 0.717) is 5.92 Å². The van der Waals surface area contributed by atoms with Gasteiger partial charge < -0.3 is 22.5 Å². The smallest absolute Gasteiger partial charge is 0.127 e. The molecule has 2 aromatic rings. The molecule has 3 rings (SSSR count). The molecule has 1 unspecified atom stereocenters. The first-order valence-corrected chi connectivity index (χ1v) is 7.23. The van der Waals surface area contributed by atoms with Crippen LogP contribution in [-0.4, -0.2) is 19.7 Å². The standard InChI is InChI=1S/C16H18ClNO.ClH/c17-15-7-8-16(14-6-2-1-5-13(14)15)19-11-12-4-3-9-18-10-12;/h1-2,5-8,12,18H,3-4,9-11H2;1H/p-1. The van der Waals surface area contributed by atoms with Crippen molar-refractivity contribution in [3.63, 3.8) is 0 Å². The molecule has 2 nitrogen and oxygen atoms in total. The van der Waals surface area contributed by atoms with Crippen LogP contribution >= 0.6 is 11.6 Å². The summed E-state index contributed by atoms with van der Waals surface area (Å²) in [7, 11) is 0. The first-order valence-electron chi connectivity index (χ1n) is 6.85. The van der Waals surface area contributed by atoms with Gasteiger partial charge in [-0.2, -0.15) is 0 Å². The van der Waals surface area contributed by atoms with Crippen molar-refractivity contribution in [3.8, 4) is 5.75 Å². The molecular formula is C16H18Cl2NO-. The minimum Gasteiger partial charge on any atom is -1.00 e. The fourth-order valence-electron chi connectivity index (χ4n) is 2.63. The third kappa shape index (κ3) is 3.38. The highest BCUT2D eigenvalue weighted by Gasteiger charge is 2.14. The molecule has 0 amide bonds. The van der Waals surface area contributed by atoms with E-state index < -0.39 is 0 Å². The molecule has 1 aliphatic heterocycles. The van der Waals surface area contributed by atoms with Crippen molar-refractivity contribution in [2.75, 3.05) is 19.7 Å². The maximum Gasteiger partial charge on any atom is 0.127 e. The summed E-state index contributed by atoms with van der Waals surface area (Å²) in [6, 6.07) is 12.0. The first-order chi connectivity index (χ1) is 9.34. The number of piperidine rings is 1. The van der Waals surface area contributed by atoms with Gasteiger partial charge in [0, 0.05) is 28.3 Å². The maximum absolute atomic E-state index is 6.21. The van der Waals surface area contributed by atoms with Crippen molar-refractivity contribution in [1.29, 1.82) is 0 Å². The Morgan fingerprint density at radius 2 is 1.95 bits per heavy atom. The van der Waals surface area contributed by atoms with Crippen LogP contribution in [0.5, 0.6) is 5.75 Å². The predicted molar refractivity (Wildman–Crippen MR) is 80.0 cm³/mol. The summed E-state index contributed by atoms with van der Waals surface area (Å²) in [5.41, 5.74) is 0. The lowest BCUT2D eigenvalue weighted by molar-refractivity contribution is -0.00000410. The molecule has 20 heavy (non-hydrogen) atoms. The molecule has 0 bridgehead atoms. The van der Waals surface area contributed by atoms with Crippen LogP contribution in [0.1, 0.15) is 12.8 Å². The molecular weight excluding hydrogens is 293 g/mol. The summed E-state index contributed by atoms with van der Waals surface area (Å²) in [5, 5.41) is 6.35. The monoisotopic (exact) mass is 310 g/mol. The average Bonchev–Trinajstić information content (AvgIpc) is 2.48. The number of benzene rings is 2. The lowest BCUT2D eigenvalue weighted by Gasteiger charge is -2.23. The molecule has 1 aliphatic rings. The SMILES string of the molecule is Clc1ccc(OCC2CCCNC2)c2ccccc12.[Cl-]. The van der Waals surface area contributed by atoms with E-state index in [2.05, 4.69) is 11.4 Å². The average molecular weight is 311 g/mol. The summed E-state index contributed by atoms with van der Waals surface area (Å²) in [6.07, 6.45) is 2.49. The number of halogens is 2. The van der Waals surface area contributed by atoms with Crippen molar-refractivity contribution in [1.82, 2.24) is 5.32 Å². The van der Waals surface area contributed by atoms with Crippen LogP contribution < -0.4 is 22.5 Å². The number of nitrogens with one attached hydrogen (secondary N) is 1. The molecule has 1 atom stereocenters. The van der Waals surface area contributed by atoms with Crippen LogP contribution in [-0.2, 0) is 0 Å². The number of hydrogen-bond acceptors (Lipinski definition) is 2. The molecule has 0 spiro atoms. The van der Waals surface area contributed by atoms with Crippen molar-refractivity contribution >= 4 is 22.4 Å². The van der Waals surface area contributed by atoms with E-state index in [0.717, 1.165) is 41.2 Å². The Morgan fingerprint density at radius 1 is 1.15 bits per heavy atom. The highest BCUT2D eigenvalue weighted by Crippen LogP contribution is 2.31. The van der Waals surface area contributed by atoms with Crippen molar-refractivity contribution in [2.45, 2.75) is 12.8 Å². The van der Waals surface area contributed by atoms with E-state index in [1.54, 1.807) is 0 Å². The fraction of sp³-hybridized carbons (Fsp3) is 0.375. The van der Waals surface area contributed by atoms with Gasteiger partial charge in [0.15, 0.2) is 0 Å². The lowest BCUT2D eigenvalue weighted by Crippen LogP contribution is -3.00. The van der Waals surface area contributed by atoms with Gasteiger partial charge in [-0.15, -0.1) is 0 Å². The van der Waals surface area contributed by atoms with E-state index >= 15 is 0 Å². The van der Waals surface area contributed by atoms with E-state index in [9.17, 15) is 0 Å². The van der Waals surface area contributed by atoms with Gasteiger partial charge in [0.25, 0.3) is 0 Å². The number of fused-ring (bicyclic) bond motifs is 1. The molecule has 0 aliphatic carbocycles.